The summed E-state index contributed by atoms with van der Waals surface area (Å²) in [4.78, 5) is 23.0. The number of thiazole rings is 1. The topological polar surface area (TPSA) is 36.4 Å². The van der Waals surface area contributed by atoms with Gasteiger partial charge < -0.3 is 4.90 Å². The van der Waals surface area contributed by atoms with Crippen molar-refractivity contribution in [1.29, 1.82) is 0 Å². The minimum atomic E-state index is 0.0954. The van der Waals surface area contributed by atoms with Crippen LogP contribution in [0.1, 0.15) is 18.4 Å². The number of nitrogens with zero attached hydrogens (tertiary/aromatic N) is 3. The molecule has 1 heterocycles. The van der Waals surface area contributed by atoms with Crippen LogP contribution in [0.2, 0.25) is 10.0 Å². The van der Waals surface area contributed by atoms with Gasteiger partial charge in [-0.05, 0) is 75.9 Å². The minimum Gasteiger partial charge on any atom is -0.309 e. The summed E-state index contributed by atoms with van der Waals surface area (Å²) in [5.74, 6) is 0.804. The van der Waals surface area contributed by atoms with Gasteiger partial charge in [-0.1, -0.05) is 34.5 Å². The molecule has 3 rings (SSSR count). The molecule has 0 unspecified atom stereocenters. The SMILES string of the molecule is Cc1c(Cl)ccc2sc(N(CCCN(C)C)C(=O)CCSc3ccc(Cl)cc3)nc12. The van der Waals surface area contributed by atoms with Crippen LogP contribution < -0.4 is 4.90 Å². The largest absolute Gasteiger partial charge is 0.309 e. The highest BCUT2D eigenvalue weighted by molar-refractivity contribution is 7.99. The molecule has 8 heteroatoms. The van der Waals surface area contributed by atoms with E-state index in [9.17, 15) is 4.79 Å². The fraction of sp³-hybridized carbons (Fsp3) is 0.364. The van der Waals surface area contributed by atoms with Gasteiger partial charge >= 0.3 is 0 Å². The molecule has 30 heavy (non-hydrogen) atoms. The van der Waals surface area contributed by atoms with E-state index in [1.54, 1.807) is 23.1 Å². The van der Waals surface area contributed by atoms with Gasteiger partial charge in [0.2, 0.25) is 5.91 Å². The Hall–Kier alpha value is -1.31. The van der Waals surface area contributed by atoms with Gasteiger partial charge in [-0.15, -0.1) is 11.8 Å². The predicted molar refractivity (Wildman–Crippen MR) is 132 cm³/mol. The Balaban J connectivity index is 1.73. The number of rotatable bonds is 9. The molecule has 0 spiro atoms. The first-order valence-corrected chi connectivity index (χ1v) is 12.3. The zero-order valence-electron chi connectivity index (χ0n) is 17.3. The molecule has 0 saturated carbocycles. The van der Waals surface area contributed by atoms with Gasteiger partial charge in [-0.3, -0.25) is 9.69 Å². The zero-order valence-corrected chi connectivity index (χ0v) is 20.5. The number of hydrogen-bond donors (Lipinski definition) is 0. The van der Waals surface area contributed by atoms with Gasteiger partial charge in [-0.25, -0.2) is 4.98 Å². The minimum absolute atomic E-state index is 0.0954. The number of aryl methyl sites for hydroxylation is 1. The Morgan fingerprint density at radius 3 is 2.53 bits per heavy atom. The van der Waals surface area contributed by atoms with Crippen molar-refractivity contribution in [3.05, 3.63) is 52.0 Å². The van der Waals surface area contributed by atoms with Crippen LogP contribution in [0.4, 0.5) is 5.13 Å². The second-order valence-corrected chi connectivity index (χ2v) is 10.3. The Bertz CT molecular complexity index is 1010. The second kappa shape index (κ2) is 10.8. The third-order valence-corrected chi connectivity index (χ3v) is 7.37. The first-order chi connectivity index (χ1) is 14.3. The van der Waals surface area contributed by atoms with Crippen molar-refractivity contribution in [3.8, 4) is 0 Å². The fourth-order valence-electron chi connectivity index (χ4n) is 3.00. The Labute approximate surface area is 196 Å². The maximum atomic E-state index is 13.1. The molecule has 1 aromatic heterocycles. The summed E-state index contributed by atoms with van der Waals surface area (Å²) in [5.41, 5.74) is 1.83. The van der Waals surface area contributed by atoms with E-state index in [-0.39, 0.29) is 5.91 Å². The predicted octanol–water partition coefficient (Wildman–Crippen LogP) is 6.38. The second-order valence-electron chi connectivity index (χ2n) is 7.27. The Kier molecular flexibility index (Phi) is 8.43. The van der Waals surface area contributed by atoms with Crippen LogP contribution in [0.15, 0.2) is 41.3 Å². The first-order valence-electron chi connectivity index (χ1n) is 9.74. The van der Waals surface area contributed by atoms with E-state index in [1.165, 1.54) is 0 Å². The fourth-order valence-corrected chi connectivity index (χ4v) is 5.19. The van der Waals surface area contributed by atoms with Crippen LogP contribution in [-0.2, 0) is 4.79 Å². The average molecular weight is 483 g/mol. The van der Waals surface area contributed by atoms with Crippen molar-refractivity contribution in [3.63, 3.8) is 0 Å². The molecule has 0 aliphatic rings. The van der Waals surface area contributed by atoms with Crippen molar-refractivity contribution >= 4 is 67.6 Å². The van der Waals surface area contributed by atoms with Gasteiger partial charge in [-0.2, -0.15) is 0 Å². The lowest BCUT2D eigenvalue weighted by molar-refractivity contribution is -0.118. The van der Waals surface area contributed by atoms with Crippen LogP contribution in [0.3, 0.4) is 0 Å². The lowest BCUT2D eigenvalue weighted by Gasteiger charge is -2.21. The summed E-state index contributed by atoms with van der Waals surface area (Å²) in [5, 5.41) is 2.16. The number of halogens is 2. The molecule has 160 valence electrons. The van der Waals surface area contributed by atoms with Gasteiger partial charge in [0.05, 0.1) is 10.2 Å². The van der Waals surface area contributed by atoms with E-state index in [2.05, 4.69) is 4.90 Å². The molecule has 0 fully saturated rings. The third kappa shape index (κ3) is 6.11. The molecule has 3 aromatic rings. The van der Waals surface area contributed by atoms with Crippen molar-refractivity contribution < 1.29 is 4.79 Å². The van der Waals surface area contributed by atoms with Crippen molar-refractivity contribution in [2.24, 2.45) is 0 Å². The number of carbonyl (C=O) groups excluding carboxylic acids is 1. The van der Waals surface area contributed by atoms with E-state index >= 15 is 0 Å². The highest BCUT2D eigenvalue weighted by atomic mass is 35.5. The van der Waals surface area contributed by atoms with E-state index < -0.39 is 0 Å². The monoisotopic (exact) mass is 481 g/mol. The summed E-state index contributed by atoms with van der Waals surface area (Å²) in [6.45, 7) is 3.53. The smallest absolute Gasteiger partial charge is 0.229 e. The molecular formula is C22H25Cl2N3OS2. The Morgan fingerprint density at radius 2 is 1.83 bits per heavy atom. The molecule has 0 aliphatic carbocycles. The summed E-state index contributed by atoms with van der Waals surface area (Å²) in [7, 11) is 4.08. The number of benzene rings is 2. The molecule has 1 amide bonds. The first kappa shape index (κ1) is 23.4. The van der Waals surface area contributed by atoms with Crippen molar-refractivity contribution in [2.45, 2.75) is 24.7 Å². The van der Waals surface area contributed by atoms with E-state index in [1.807, 2.05) is 62.3 Å². The Morgan fingerprint density at radius 1 is 1.10 bits per heavy atom. The normalized spacial score (nSPS) is 11.4. The van der Waals surface area contributed by atoms with Gasteiger partial charge in [0.15, 0.2) is 5.13 Å². The molecule has 0 bridgehead atoms. The summed E-state index contributed by atoms with van der Waals surface area (Å²) in [6, 6.07) is 11.6. The third-order valence-electron chi connectivity index (χ3n) is 4.65. The van der Waals surface area contributed by atoms with Crippen LogP contribution in [0.25, 0.3) is 10.2 Å². The molecule has 0 N–H and O–H groups in total. The highest BCUT2D eigenvalue weighted by Crippen LogP contribution is 2.34. The lowest BCUT2D eigenvalue weighted by atomic mass is 10.2. The summed E-state index contributed by atoms with van der Waals surface area (Å²) >= 11 is 15.4. The number of amides is 1. The molecule has 0 saturated heterocycles. The standard InChI is InChI=1S/C22H25Cl2N3OS2/c1-15-18(24)9-10-19-21(15)25-22(30-19)27(13-4-12-26(2)3)20(28)11-14-29-17-7-5-16(23)6-8-17/h5-10H,4,11-14H2,1-3H3. The van der Waals surface area contributed by atoms with Gasteiger partial charge in [0, 0.05) is 33.7 Å². The van der Waals surface area contributed by atoms with Crippen molar-refractivity contribution in [1.82, 2.24) is 9.88 Å². The van der Waals surface area contributed by atoms with Crippen LogP contribution in [-0.4, -0.2) is 48.7 Å². The number of anilines is 1. The number of fused-ring (bicyclic) bond motifs is 1. The molecule has 0 atom stereocenters. The van der Waals surface area contributed by atoms with Gasteiger partial charge in [0.25, 0.3) is 0 Å². The van der Waals surface area contributed by atoms with E-state index in [4.69, 9.17) is 28.2 Å². The summed E-state index contributed by atoms with van der Waals surface area (Å²) in [6.07, 6.45) is 1.34. The quantitative estimate of drug-likeness (QED) is 0.332. The average Bonchev–Trinajstić information content (AvgIpc) is 3.14. The maximum Gasteiger partial charge on any atom is 0.229 e. The number of hydrogen-bond acceptors (Lipinski definition) is 5. The number of aromatic nitrogens is 1. The van der Waals surface area contributed by atoms with Crippen LogP contribution in [0, 0.1) is 6.92 Å². The van der Waals surface area contributed by atoms with Crippen molar-refractivity contribution in [2.75, 3.05) is 37.8 Å². The number of thioether (sulfide) groups is 1. The lowest BCUT2D eigenvalue weighted by Crippen LogP contribution is -2.33. The maximum absolute atomic E-state index is 13.1. The highest BCUT2D eigenvalue weighted by Gasteiger charge is 2.20. The summed E-state index contributed by atoms with van der Waals surface area (Å²) < 4.78 is 1.05. The molecular weight excluding hydrogens is 457 g/mol. The molecule has 4 nitrogen and oxygen atoms in total. The zero-order chi connectivity index (χ0) is 21.7. The molecule has 2 aromatic carbocycles. The molecule has 0 radical (unpaired) electrons. The number of carbonyl (C=O) groups is 1. The van der Waals surface area contributed by atoms with E-state index in [0.29, 0.717) is 28.8 Å². The van der Waals surface area contributed by atoms with Crippen LogP contribution >= 0.6 is 46.3 Å². The van der Waals surface area contributed by atoms with E-state index in [0.717, 1.165) is 38.8 Å². The van der Waals surface area contributed by atoms with Gasteiger partial charge in [0.1, 0.15) is 0 Å². The van der Waals surface area contributed by atoms with Crippen LogP contribution in [0.5, 0.6) is 0 Å². The molecule has 0 aliphatic heterocycles.